The highest BCUT2D eigenvalue weighted by molar-refractivity contribution is 5.70. The molecule has 11 N–H and O–H groups in total. The first-order valence-corrected chi connectivity index (χ1v) is 9.20. The van der Waals surface area contributed by atoms with Crippen molar-refractivity contribution in [1.82, 2.24) is 19.5 Å². The van der Waals surface area contributed by atoms with E-state index < -0.39 is 67.7 Å². The Balaban J connectivity index is 0.000000262. The summed E-state index contributed by atoms with van der Waals surface area (Å²) in [6, 6.07) is 0. The third kappa shape index (κ3) is 5.26. The van der Waals surface area contributed by atoms with Gasteiger partial charge in [0.2, 0.25) is 5.95 Å². The second kappa shape index (κ2) is 10.9. The lowest BCUT2D eigenvalue weighted by atomic mass is 10.0. The molecule has 32 heavy (non-hydrogen) atoms. The Hall–Kier alpha value is -2.54. The van der Waals surface area contributed by atoms with E-state index in [9.17, 15) is 19.8 Å². The Morgan fingerprint density at radius 3 is 2.38 bits per heavy atom. The minimum absolute atomic E-state index is 0.0258. The Bertz CT molecular complexity index is 952. The Morgan fingerprint density at radius 1 is 1.19 bits per heavy atom. The Morgan fingerprint density at radius 2 is 1.84 bits per heavy atom. The number of aromatic nitrogens is 4. The number of hydrogen-bond donors (Lipinski definition) is 10. The molecular weight excluding hydrogens is 438 g/mol. The quantitative estimate of drug-likeness (QED) is 0.171. The molecular formula is C16H25N5O11. The molecule has 16 nitrogen and oxygen atoms in total. The van der Waals surface area contributed by atoms with Crippen molar-refractivity contribution in [2.75, 3.05) is 18.9 Å². The van der Waals surface area contributed by atoms with Gasteiger partial charge in [-0.1, -0.05) is 0 Å². The highest BCUT2D eigenvalue weighted by Gasteiger charge is 2.44. The van der Waals surface area contributed by atoms with E-state index in [4.69, 9.17) is 41.1 Å². The van der Waals surface area contributed by atoms with E-state index in [1.165, 1.54) is 10.9 Å². The number of rotatable bonds is 7. The average Bonchev–Trinajstić information content (AvgIpc) is 3.32. The molecule has 1 aliphatic heterocycles. The number of imidazole rings is 1. The molecule has 16 heteroatoms. The van der Waals surface area contributed by atoms with Crippen molar-refractivity contribution in [3.05, 3.63) is 16.7 Å². The smallest absolute Gasteiger partial charge is 0.280 e. The van der Waals surface area contributed by atoms with Gasteiger partial charge in [0.25, 0.3) is 5.56 Å². The number of aliphatic hydroxyl groups excluding tert-OH is 8. The van der Waals surface area contributed by atoms with E-state index in [2.05, 4.69) is 15.0 Å². The van der Waals surface area contributed by atoms with Gasteiger partial charge in [-0.2, -0.15) is 4.98 Å². The molecule has 1 aliphatic rings. The molecule has 1 fully saturated rings. The molecule has 3 rings (SSSR count). The number of anilines is 1. The summed E-state index contributed by atoms with van der Waals surface area (Å²) in [4.78, 5) is 31.7. The van der Waals surface area contributed by atoms with E-state index in [-0.39, 0.29) is 23.4 Å². The number of nitrogens with one attached hydrogen (secondary N) is 1. The molecule has 0 aliphatic carbocycles. The maximum absolute atomic E-state index is 11.7. The Labute approximate surface area is 178 Å². The fraction of sp³-hybridized carbons (Fsp3) is 0.625. The summed E-state index contributed by atoms with van der Waals surface area (Å²) >= 11 is 0. The third-order valence-corrected chi connectivity index (χ3v) is 4.66. The van der Waals surface area contributed by atoms with Gasteiger partial charge < -0.3 is 56.1 Å². The molecule has 0 amide bonds. The van der Waals surface area contributed by atoms with Gasteiger partial charge in [-0.25, -0.2) is 4.98 Å². The average molecular weight is 463 g/mol. The van der Waals surface area contributed by atoms with Crippen LogP contribution in [0.1, 0.15) is 6.23 Å². The summed E-state index contributed by atoms with van der Waals surface area (Å²) in [7, 11) is 0. The summed E-state index contributed by atoms with van der Waals surface area (Å²) in [5, 5.41) is 72.3. The second-order valence-corrected chi connectivity index (χ2v) is 6.86. The van der Waals surface area contributed by atoms with Crippen LogP contribution in [0, 0.1) is 0 Å². The first-order valence-electron chi connectivity index (χ1n) is 9.20. The van der Waals surface area contributed by atoms with Gasteiger partial charge >= 0.3 is 0 Å². The fourth-order valence-corrected chi connectivity index (χ4v) is 2.86. The number of aliphatic hydroxyl groups is 8. The standard InChI is InChI=1S/C10H13N5O5.C6H12O6/c11-10-13-7-4(8(19)14-10)12-2-15(7)9-6(18)5(17)3(1-16)20-9;7-1-3(9)5(11)6(12)4(10)2-8/h2-3,5-6,9,16-18H,1H2,(H3,11,13,14,19);1,3-6,8-12H,2H2/t3-,5-,6-,9-;/m1./s1. The third-order valence-electron chi connectivity index (χ3n) is 4.66. The van der Waals surface area contributed by atoms with Crippen LogP contribution in [0.15, 0.2) is 11.1 Å². The molecule has 2 aromatic rings. The number of H-pyrrole nitrogens is 1. The number of nitrogens with two attached hydrogens (primary N) is 1. The molecule has 0 bridgehead atoms. The molecule has 3 heterocycles. The maximum atomic E-state index is 11.7. The molecule has 0 saturated carbocycles. The van der Waals surface area contributed by atoms with E-state index in [0.29, 0.717) is 0 Å². The monoisotopic (exact) mass is 463 g/mol. The zero-order valence-corrected chi connectivity index (χ0v) is 16.4. The van der Waals surface area contributed by atoms with Gasteiger partial charge in [-0.15, -0.1) is 0 Å². The van der Waals surface area contributed by atoms with Crippen LogP contribution in [0.2, 0.25) is 0 Å². The minimum Gasteiger partial charge on any atom is -0.394 e. The number of nitrogen functional groups attached to an aromatic ring is 1. The molecule has 0 radical (unpaired) electrons. The zero-order chi connectivity index (χ0) is 24.2. The van der Waals surface area contributed by atoms with E-state index >= 15 is 0 Å². The lowest BCUT2D eigenvalue weighted by Crippen LogP contribution is -2.46. The molecule has 8 atom stereocenters. The van der Waals surface area contributed by atoms with Crippen LogP contribution in [-0.2, 0) is 9.53 Å². The van der Waals surface area contributed by atoms with E-state index in [0.717, 1.165) is 0 Å². The summed E-state index contributed by atoms with van der Waals surface area (Å²) in [5.74, 6) is -0.101. The predicted octanol–water partition coefficient (Wildman–Crippen LogP) is -6.07. The van der Waals surface area contributed by atoms with E-state index in [1.807, 2.05) is 0 Å². The summed E-state index contributed by atoms with van der Waals surface area (Å²) < 4.78 is 6.64. The summed E-state index contributed by atoms with van der Waals surface area (Å²) in [5.41, 5.74) is 5.12. The minimum atomic E-state index is -1.79. The molecule has 0 spiro atoms. The van der Waals surface area contributed by atoms with Gasteiger partial charge in [-0.3, -0.25) is 14.3 Å². The molecule has 0 aromatic carbocycles. The van der Waals surface area contributed by atoms with Gasteiger partial charge in [-0.05, 0) is 0 Å². The van der Waals surface area contributed by atoms with Crippen molar-refractivity contribution >= 4 is 23.4 Å². The predicted molar refractivity (Wildman–Crippen MR) is 103 cm³/mol. The fourth-order valence-electron chi connectivity index (χ4n) is 2.86. The van der Waals surface area contributed by atoms with Crippen molar-refractivity contribution in [1.29, 1.82) is 0 Å². The van der Waals surface area contributed by atoms with Crippen LogP contribution in [0.4, 0.5) is 5.95 Å². The number of carbonyl (C=O) groups excluding carboxylic acids is 1. The number of aromatic amines is 1. The van der Waals surface area contributed by atoms with Crippen molar-refractivity contribution < 1.29 is 50.4 Å². The zero-order valence-electron chi connectivity index (χ0n) is 16.4. The van der Waals surface area contributed by atoms with Crippen LogP contribution in [0.25, 0.3) is 11.2 Å². The number of aldehydes is 1. The van der Waals surface area contributed by atoms with Crippen LogP contribution >= 0.6 is 0 Å². The van der Waals surface area contributed by atoms with Crippen LogP contribution in [-0.4, -0.2) is 123 Å². The molecule has 2 aromatic heterocycles. The lowest BCUT2D eigenvalue weighted by molar-refractivity contribution is -0.136. The number of hydrogen-bond acceptors (Lipinski definition) is 14. The van der Waals surface area contributed by atoms with Crippen molar-refractivity contribution in [2.24, 2.45) is 0 Å². The maximum Gasteiger partial charge on any atom is 0.280 e. The number of carbonyl (C=O) groups is 1. The van der Waals surface area contributed by atoms with Gasteiger partial charge in [0, 0.05) is 0 Å². The summed E-state index contributed by atoms with van der Waals surface area (Å²) in [6.45, 7) is -1.21. The summed E-state index contributed by atoms with van der Waals surface area (Å²) in [6.07, 6.45) is -10.1. The highest BCUT2D eigenvalue weighted by Crippen LogP contribution is 2.30. The molecule has 180 valence electrons. The van der Waals surface area contributed by atoms with E-state index in [1.54, 1.807) is 0 Å². The normalized spacial score (nSPS) is 26.8. The topological polar surface area (TPSA) is 278 Å². The van der Waals surface area contributed by atoms with Gasteiger partial charge in [0.05, 0.1) is 19.5 Å². The first kappa shape index (κ1) is 25.7. The van der Waals surface area contributed by atoms with Crippen LogP contribution in [0.3, 0.4) is 0 Å². The van der Waals surface area contributed by atoms with Crippen molar-refractivity contribution in [3.8, 4) is 0 Å². The van der Waals surface area contributed by atoms with Crippen LogP contribution < -0.4 is 11.3 Å². The van der Waals surface area contributed by atoms with Gasteiger partial charge in [0.1, 0.15) is 42.7 Å². The number of fused-ring (bicyclic) bond motifs is 1. The lowest BCUT2D eigenvalue weighted by Gasteiger charge is -2.22. The van der Waals surface area contributed by atoms with Crippen molar-refractivity contribution in [2.45, 2.75) is 49.0 Å². The largest absolute Gasteiger partial charge is 0.394 e. The molecule has 4 unspecified atom stereocenters. The van der Waals surface area contributed by atoms with Crippen LogP contribution in [0.5, 0.6) is 0 Å². The Kier molecular flexibility index (Phi) is 8.73. The van der Waals surface area contributed by atoms with Gasteiger partial charge in [0.15, 0.2) is 23.7 Å². The molecule has 1 saturated heterocycles. The number of ether oxygens (including phenoxy) is 1. The first-order chi connectivity index (χ1) is 15.1. The number of nitrogens with zero attached hydrogens (tertiary/aromatic N) is 3. The second-order valence-electron chi connectivity index (χ2n) is 6.86. The SMILES string of the molecule is Nc1nc2c(ncn2[C@@H]2O[C@H](CO)[C@@H](O)[C@H]2O)c(=O)[nH]1.O=CC(O)C(O)C(O)C(O)CO. The highest BCUT2D eigenvalue weighted by atomic mass is 16.6. The van der Waals surface area contributed by atoms with Crippen molar-refractivity contribution in [3.63, 3.8) is 0 Å².